The average Bonchev–Trinajstić information content (AvgIpc) is 3.22. The molecule has 29 heavy (non-hydrogen) atoms. The van der Waals surface area contributed by atoms with Gasteiger partial charge >= 0.3 is 0 Å². The molecule has 1 fully saturated rings. The van der Waals surface area contributed by atoms with Gasteiger partial charge in [-0.3, -0.25) is 4.79 Å². The molecule has 0 aliphatic carbocycles. The third kappa shape index (κ3) is 4.21. The molecule has 0 unspecified atom stereocenters. The van der Waals surface area contributed by atoms with E-state index in [-0.39, 0.29) is 12.5 Å². The van der Waals surface area contributed by atoms with Gasteiger partial charge in [0.05, 0.1) is 7.11 Å². The molecule has 1 aliphatic rings. The number of methoxy groups -OCH3 is 1. The molecule has 150 valence electrons. The zero-order valence-electron chi connectivity index (χ0n) is 16.7. The fraction of sp³-hybridized carbons (Fsp3) is 0.333. The van der Waals surface area contributed by atoms with Crippen LogP contribution < -0.4 is 9.64 Å². The minimum absolute atomic E-state index is 0.00751. The van der Waals surface area contributed by atoms with E-state index in [0.29, 0.717) is 18.9 Å². The Hall–Kier alpha value is -3.42. The van der Waals surface area contributed by atoms with Gasteiger partial charge in [0, 0.05) is 37.4 Å². The van der Waals surface area contributed by atoms with Gasteiger partial charge < -0.3 is 14.5 Å². The van der Waals surface area contributed by atoms with Gasteiger partial charge in [0.15, 0.2) is 0 Å². The lowest BCUT2D eigenvalue weighted by molar-refractivity contribution is -0.132. The van der Waals surface area contributed by atoms with Crippen LogP contribution in [-0.4, -0.2) is 64.3 Å². The van der Waals surface area contributed by atoms with Crippen molar-refractivity contribution in [2.24, 2.45) is 0 Å². The van der Waals surface area contributed by atoms with E-state index in [2.05, 4.69) is 20.3 Å². The molecule has 4 rings (SSSR count). The van der Waals surface area contributed by atoms with Crippen molar-refractivity contribution < 1.29 is 9.53 Å². The summed E-state index contributed by atoms with van der Waals surface area (Å²) >= 11 is 0. The van der Waals surface area contributed by atoms with Crippen LogP contribution in [0.1, 0.15) is 5.56 Å². The Bertz CT molecular complexity index is 977. The molecular weight excluding hydrogens is 368 g/mol. The van der Waals surface area contributed by atoms with Gasteiger partial charge in [0.2, 0.25) is 11.7 Å². The summed E-state index contributed by atoms with van der Waals surface area (Å²) in [6.07, 6.45) is 0. The molecule has 2 heterocycles. The molecule has 1 aliphatic heterocycles. The molecule has 2 aromatic carbocycles. The van der Waals surface area contributed by atoms with Crippen LogP contribution in [0, 0.1) is 6.92 Å². The normalized spacial score (nSPS) is 14.1. The SMILES string of the molecule is COc1ccc(N2CCN(C(=O)Cn3nnc(-c4ccccc4C)n3)CC2)cc1. The molecule has 8 nitrogen and oxygen atoms in total. The molecule has 0 radical (unpaired) electrons. The fourth-order valence-corrected chi connectivity index (χ4v) is 3.47. The smallest absolute Gasteiger partial charge is 0.246 e. The van der Waals surface area contributed by atoms with Crippen LogP contribution >= 0.6 is 0 Å². The summed E-state index contributed by atoms with van der Waals surface area (Å²) in [4.78, 5) is 18.2. The minimum atomic E-state index is 0.00751. The Labute approximate surface area is 169 Å². The van der Waals surface area contributed by atoms with E-state index in [1.165, 1.54) is 4.80 Å². The molecule has 1 aromatic heterocycles. The lowest BCUT2D eigenvalue weighted by Gasteiger charge is -2.36. The van der Waals surface area contributed by atoms with Gasteiger partial charge in [-0.25, -0.2) is 0 Å². The second-order valence-corrected chi connectivity index (χ2v) is 7.02. The van der Waals surface area contributed by atoms with Crippen molar-refractivity contribution in [3.05, 3.63) is 54.1 Å². The molecule has 0 bridgehead atoms. The Morgan fingerprint density at radius 1 is 1.03 bits per heavy atom. The predicted octanol–water partition coefficient (Wildman–Crippen LogP) is 2.01. The van der Waals surface area contributed by atoms with E-state index in [1.54, 1.807) is 7.11 Å². The highest BCUT2D eigenvalue weighted by atomic mass is 16.5. The fourth-order valence-electron chi connectivity index (χ4n) is 3.47. The first-order valence-corrected chi connectivity index (χ1v) is 9.64. The highest BCUT2D eigenvalue weighted by Gasteiger charge is 2.22. The number of rotatable bonds is 5. The Morgan fingerprint density at radius 3 is 2.45 bits per heavy atom. The van der Waals surface area contributed by atoms with Crippen LogP contribution in [0.25, 0.3) is 11.4 Å². The van der Waals surface area contributed by atoms with Crippen LogP contribution in [0.3, 0.4) is 0 Å². The van der Waals surface area contributed by atoms with E-state index < -0.39 is 0 Å². The van der Waals surface area contributed by atoms with Crippen molar-refractivity contribution in [3.63, 3.8) is 0 Å². The van der Waals surface area contributed by atoms with Gasteiger partial charge in [0.1, 0.15) is 12.3 Å². The third-order valence-electron chi connectivity index (χ3n) is 5.19. The maximum absolute atomic E-state index is 12.7. The minimum Gasteiger partial charge on any atom is -0.497 e. The number of nitrogens with zero attached hydrogens (tertiary/aromatic N) is 6. The molecule has 1 saturated heterocycles. The summed E-state index contributed by atoms with van der Waals surface area (Å²) < 4.78 is 5.21. The second-order valence-electron chi connectivity index (χ2n) is 7.02. The van der Waals surface area contributed by atoms with E-state index >= 15 is 0 Å². The van der Waals surface area contributed by atoms with Gasteiger partial charge in [-0.1, -0.05) is 24.3 Å². The predicted molar refractivity (Wildman–Crippen MR) is 110 cm³/mol. The number of ether oxygens (including phenoxy) is 1. The number of benzene rings is 2. The summed E-state index contributed by atoms with van der Waals surface area (Å²) in [5, 5.41) is 12.5. The zero-order valence-corrected chi connectivity index (χ0v) is 16.7. The molecule has 1 amide bonds. The quantitative estimate of drug-likeness (QED) is 0.661. The summed E-state index contributed by atoms with van der Waals surface area (Å²) in [6.45, 7) is 5.02. The van der Waals surface area contributed by atoms with Gasteiger partial charge in [0.25, 0.3) is 0 Å². The largest absolute Gasteiger partial charge is 0.497 e. The molecule has 3 aromatic rings. The molecule has 0 saturated carbocycles. The molecule has 0 spiro atoms. The number of amides is 1. The van der Waals surface area contributed by atoms with Gasteiger partial charge in [-0.05, 0) is 42.0 Å². The Morgan fingerprint density at radius 2 is 1.76 bits per heavy atom. The van der Waals surface area contributed by atoms with Crippen LogP contribution in [0.2, 0.25) is 0 Å². The number of piperazine rings is 1. The van der Waals surface area contributed by atoms with E-state index in [0.717, 1.165) is 35.7 Å². The molecule has 0 atom stereocenters. The number of carbonyl (C=O) groups excluding carboxylic acids is 1. The third-order valence-corrected chi connectivity index (χ3v) is 5.19. The summed E-state index contributed by atoms with van der Waals surface area (Å²) in [5.74, 6) is 1.39. The first-order valence-electron chi connectivity index (χ1n) is 9.64. The van der Waals surface area contributed by atoms with Crippen molar-refractivity contribution in [2.45, 2.75) is 13.5 Å². The van der Waals surface area contributed by atoms with Crippen molar-refractivity contribution in [3.8, 4) is 17.1 Å². The Balaban J connectivity index is 1.34. The molecule has 8 heteroatoms. The zero-order chi connectivity index (χ0) is 20.2. The number of anilines is 1. The first-order chi connectivity index (χ1) is 14.1. The van der Waals surface area contributed by atoms with Crippen molar-refractivity contribution in [1.29, 1.82) is 0 Å². The molecular formula is C21H24N6O2. The monoisotopic (exact) mass is 392 g/mol. The number of hydrogen-bond acceptors (Lipinski definition) is 6. The van der Waals surface area contributed by atoms with Crippen molar-refractivity contribution in [1.82, 2.24) is 25.1 Å². The second kappa shape index (κ2) is 8.30. The maximum Gasteiger partial charge on any atom is 0.246 e. The highest BCUT2D eigenvalue weighted by Crippen LogP contribution is 2.21. The number of aryl methyl sites for hydroxylation is 1. The lowest BCUT2D eigenvalue weighted by atomic mass is 10.1. The first kappa shape index (κ1) is 18.9. The van der Waals surface area contributed by atoms with Crippen LogP contribution in [0.4, 0.5) is 5.69 Å². The van der Waals surface area contributed by atoms with Gasteiger partial charge in [-0.15, -0.1) is 10.2 Å². The summed E-state index contributed by atoms with van der Waals surface area (Å²) in [7, 11) is 1.66. The van der Waals surface area contributed by atoms with E-state index in [1.807, 2.05) is 60.4 Å². The number of carbonyl (C=O) groups is 1. The van der Waals surface area contributed by atoms with Crippen LogP contribution in [0.5, 0.6) is 5.75 Å². The van der Waals surface area contributed by atoms with Crippen LogP contribution in [0.15, 0.2) is 48.5 Å². The topological polar surface area (TPSA) is 76.4 Å². The highest BCUT2D eigenvalue weighted by molar-refractivity contribution is 5.76. The lowest BCUT2D eigenvalue weighted by Crippen LogP contribution is -2.49. The van der Waals surface area contributed by atoms with Crippen molar-refractivity contribution >= 4 is 11.6 Å². The van der Waals surface area contributed by atoms with Crippen LogP contribution in [-0.2, 0) is 11.3 Å². The average molecular weight is 392 g/mol. The van der Waals surface area contributed by atoms with E-state index in [9.17, 15) is 4.79 Å². The number of hydrogen-bond donors (Lipinski definition) is 0. The molecule has 0 N–H and O–H groups in total. The number of aromatic nitrogens is 4. The Kier molecular flexibility index (Phi) is 5.41. The van der Waals surface area contributed by atoms with Gasteiger partial charge in [-0.2, -0.15) is 4.80 Å². The maximum atomic E-state index is 12.7. The summed E-state index contributed by atoms with van der Waals surface area (Å²) in [5.41, 5.74) is 3.14. The van der Waals surface area contributed by atoms with Crippen molar-refractivity contribution in [2.75, 3.05) is 38.2 Å². The summed E-state index contributed by atoms with van der Waals surface area (Å²) in [6, 6.07) is 15.9. The standard InChI is InChI=1S/C21H24N6O2/c1-16-5-3-4-6-19(16)21-22-24-27(23-21)15-20(28)26-13-11-25(12-14-26)17-7-9-18(29-2)10-8-17/h3-10H,11-15H2,1-2H3. The van der Waals surface area contributed by atoms with E-state index in [4.69, 9.17) is 4.74 Å². The number of tetrazole rings is 1.